The smallest absolute Gasteiger partial charge is 0.00499 e. The summed E-state index contributed by atoms with van der Waals surface area (Å²) in [5.74, 6) is 0. The molecule has 2 nitrogen and oxygen atoms in total. The van der Waals surface area contributed by atoms with E-state index in [1.54, 1.807) is 0 Å². The molecule has 1 aliphatic rings. The van der Waals surface area contributed by atoms with Crippen LogP contribution in [0.5, 0.6) is 0 Å². The quantitative estimate of drug-likeness (QED) is 0.751. The van der Waals surface area contributed by atoms with Crippen molar-refractivity contribution in [2.45, 2.75) is 66.2 Å². The van der Waals surface area contributed by atoms with Crippen LogP contribution >= 0.6 is 0 Å². The summed E-state index contributed by atoms with van der Waals surface area (Å²) in [6.07, 6.45) is 7.89. The van der Waals surface area contributed by atoms with Gasteiger partial charge in [0.15, 0.2) is 0 Å². The zero-order chi connectivity index (χ0) is 13.6. The Labute approximate surface area is 114 Å². The average Bonchev–Trinajstić information content (AvgIpc) is 2.46. The number of hydrogen-bond acceptors (Lipinski definition) is 2. The third-order valence-electron chi connectivity index (χ3n) is 5.91. The van der Waals surface area contributed by atoms with Crippen LogP contribution in [-0.4, -0.2) is 31.1 Å². The van der Waals surface area contributed by atoms with Crippen LogP contribution < -0.4 is 5.73 Å². The van der Waals surface area contributed by atoms with Crippen LogP contribution in [0.1, 0.15) is 66.2 Å². The maximum absolute atomic E-state index is 6.02. The molecule has 0 aromatic heterocycles. The summed E-state index contributed by atoms with van der Waals surface area (Å²) in [6, 6.07) is 0. The van der Waals surface area contributed by atoms with Gasteiger partial charge in [-0.05, 0) is 56.1 Å². The van der Waals surface area contributed by atoms with Gasteiger partial charge in [0.1, 0.15) is 0 Å². The van der Waals surface area contributed by atoms with Crippen LogP contribution in [0.4, 0.5) is 0 Å². The summed E-state index contributed by atoms with van der Waals surface area (Å²) in [5.41, 5.74) is 7.02. The molecule has 2 N–H and O–H groups in total. The highest BCUT2D eigenvalue weighted by molar-refractivity contribution is 4.88. The molecule has 0 saturated carbocycles. The first-order valence-electron chi connectivity index (χ1n) is 8.01. The van der Waals surface area contributed by atoms with Gasteiger partial charge in [-0.1, -0.05) is 40.5 Å². The van der Waals surface area contributed by atoms with Gasteiger partial charge in [0, 0.05) is 6.54 Å². The first kappa shape index (κ1) is 16.0. The molecule has 0 bridgehead atoms. The van der Waals surface area contributed by atoms with Crippen molar-refractivity contribution in [2.24, 2.45) is 16.6 Å². The standard InChI is InChI=1S/C16H34N2/c1-5-15(6-2)9-11-18(12-10-15)14-16(7-3,8-4)13-17/h5-14,17H2,1-4H3. The monoisotopic (exact) mass is 254 g/mol. The molecule has 1 aliphatic heterocycles. The van der Waals surface area contributed by atoms with Crippen molar-refractivity contribution in [3.63, 3.8) is 0 Å². The van der Waals surface area contributed by atoms with Crippen LogP contribution in [0.3, 0.4) is 0 Å². The van der Waals surface area contributed by atoms with Crippen LogP contribution in [0.15, 0.2) is 0 Å². The Morgan fingerprint density at radius 2 is 1.50 bits per heavy atom. The average molecular weight is 254 g/mol. The zero-order valence-electron chi connectivity index (χ0n) is 13.1. The van der Waals surface area contributed by atoms with Crippen molar-refractivity contribution in [2.75, 3.05) is 26.2 Å². The van der Waals surface area contributed by atoms with Gasteiger partial charge in [-0.15, -0.1) is 0 Å². The number of rotatable bonds is 7. The van der Waals surface area contributed by atoms with Crippen LogP contribution in [0.2, 0.25) is 0 Å². The second-order valence-electron chi connectivity index (χ2n) is 6.39. The second kappa shape index (κ2) is 6.91. The van der Waals surface area contributed by atoms with E-state index in [4.69, 9.17) is 5.73 Å². The molecule has 2 heteroatoms. The lowest BCUT2D eigenvalue weighted by Crippen LogP contribution is -2.47. The fourth-order valence-electron chi connectivity index (χ4n) is 3.44. The highest BCUT2D eigenvalue weighted by Gasteiger charge is 2.34. The maximum Gasteiger partial charge on any atom is 0.00499 e. The molecule has 1 fully saturated rings. The van der Waals surface area contributed by atoms with Crippen molar-refractivity contribution < 1.29 is 0 Å². The van der Waals surface area contributed by atoms with Gasteiger partial charge in [0.2, 0.25) is 0 Å². The van der Waals surface area contributed by atoms with Gasteiger partial charge >= 0.3 is 0 Å². The molecule has 1 rings (SSSR count). The van der Waals surface area contributed by atoms with E-state index in [1.807, 2.05) is 0 Å². The lowest BCUT2D eigenvalue weighted by molar-refractivity contribution is 0.0587. The molecule has 0 unspecified atom stereocenters. The fraction of sp³-hybridized carbons (Fsp3) is 1.00. The van der Waals surface area contributed by atoms with E-state index in [1.165, 1.54) is 58.2 Å². The molecular weight excluding hydrogens is 220 g/mol. The zero-order valence-corrected chi connectivity index (χ0v) is 13.1. The van der Waals surface area contributed by atoms with Gasteiger partial charge < -0.3 is 10.6 Å². The van der Waals surface area contributed by atoms with Gasteiger partial charge in [-0.2, -0.15) is 0 Å². The summed E-state index contributed by atoms with van der Waals surface area (Å²) in [6.45, 7) is 13.9. The summed E-state index contributed by atoms with van der Waals surface area (Å²) < 4.78 is 0. The van der Waals surface area contributed by atoms with Crippen molar-refractivity contribution in [1.29, 1.82) is 0 Å². The SMILES string of the molecule is CCC1(CC)CCN(CC(CC)(CC)CN)CC1. The number of likely N-dealkylation sites (tertiary alicyclic amines) is 1. The van der Waals surface area contributed by atoms with E-state index >= 15 is 0 Å². The van der Waals surface area contributed by atoms with E-state index in [0.29, 0.717) is 10.8 Å². The molecular formula is C16H34N2. The van der Waals surface area contributed by atoms with Gasteiger partial charge in [0.25, 0.3) is 0 Å². The predicted molar refractivity (Wildman–Crippen MR) is 80.8 cm³/mol. The largest absolute Gasteiger partial charge is 0.330 e. The summed E-state index contributed by atoms with van der Waals surface area (Å²) in [5, 5.41) is 0. The van der Waals surface area contributed by atoms with E-state index in [-0.39, 0.29) is 0 Å². The molecule has 108 valence electrons. The van der Waals surface area contributed by atoms with Gasteiger partial charge in [-0.25, -0.2) is 0 Å². The van der Waals surface area contributed by atoms with Gasteiger partial charge in [0.05, 0.1) is 0 Å². The van der Waals surface area contributed by atoms with Crippen molar-refractivity contribution >= 4 is 0 Å². The normalized spacial score (nSPS) is 21.2. The second-order valence-corrected chi connectivity index (χ2v) is 6.39. The Balaban J connectivity index is 2.53. The topological polar surface area (TPSA) is 29.3 Å². The number of nitrogens with zero attached hydrogens (tertiary/aromatic N) is 1. The minimum absolute atomic E-state index is 0.360. The van der Waals surface area contributed by atoms with Crippen LogP contribution in [0.25, 0.3) is 0 Å². The molecule has 0 radical (unpaired) electrons. The third kappa shape index (κ3) is 3.48. The highest BCUT2D eigenvalue weighted by atomic mass is 15.1. The Hall–Kier alpha value is -0.0800. The predicted octanol–water partition coefficient (Wildman–Crippen LogP) is 3.65. The van der Waals surface area contributed by atoms with Crippen molar-refractivity contribution in [1.82, 2.24) is 4.90 Å². The van der Waals surface area contributed by atoms with E-state index in [0.717, 1.165) is 6.54 Å². The lowest BCUT2D eigenvalue weighted by atomic mass is 9.73. The summed E-state index contributed by atoms with van der Waals surface area (Å²) in [7, 11) is 0. The molecule has 0 amide bonds. The minimum atomic E-state index is 0.360. The molecule has 0 spiro atoms. The van der Waals surface area contributed by atoms with Crippen LogP contribution in [0, 0.1) is 10.8 Å². The molecule has 0 aromatic rings. The molecule has 18 heavy (non-hydrogen) atoms. The molecule has 1 heterocycles. The van der Waals surface area contributed by atoms with E-state index in [9.17, 15) is 0 Å². The Morgan fingerprint density at radius 3 is 1.83 bits per heavy atom. The van der Waals surface area contributed by atoms with Crippen LogP contribution in [-0.2, 0) is 0 Å². The Morgan fingerprint density at radius 1 is 1.00 bits per heavy atom. The summed E-state index contributed by atoms with van der Waals surface area (Å²) >= 11 is 0. The minimum Gasteiger partial charge on any atom is -0.330 e. The number of nitrogens with two attached hydrogens (primary N) is 1. The molecule has 1 saturated heterocycles. The highest BCUT2D eigenvalue weighted by Crippen LogP contribution is 2.39. The van der Waals surface area contributed by atoms with Crippen molar-refractivity contribution in [3.05, 3.63) is 0 Å². The molecule has 0 aromatic carbocycles. The number of hydrogen-bond donors (Lipinski definition) is 1. The lowest BCUT2D eigenvalue weighted by Gasteiger charge is -2.44. The Kier molecular flexibility index (Phi) is 6.13. The maximum atomic E-state index is 6.02. The van der Waals surface area contributed by atoms with E-state index < -0.39 is 0 Å². The molecule has 0 aliphatic carbocycles. The van der Waals surface area contributed by atoms with Gasteiger partial charge in [-0.3, -0.25) is 0 Å². The molecule has 0 atom stereocenters. The first-order chi connectivity index (χ1) is 8.59. The fourth-order valence-corrected chi connectivity index (χ4v) is 3.44. The van der Waals surface area contributed by atoms with E-state index in [2.05, 4.69) is 32.6 Å². The van der Waals surface area contributed by atoms with Crippen molar-refractivity contribution in [3.8, 4) is 0 Å². The number of piperidine rings is 1. The summed E-state index contributed by atoms with van der Waals surface area (Å²) in [4.78, 5) is 2.67. The third-order valence-corrected chi connectivity index (χ3v) is 5.91. The first-order valence-corrected chi connectivity index (χ1v) is 8.01. The Bertz CT molecular complexity index is 211.